The highest BCUT2D eigenvalue weighted by Gasteiger charge is 2.33. The summed E-state index contributed by atoms with van der Waals surface area (Å²) in [5, 5.41) is 1.04. The van der Waals surface area contributed by atoms with Crippen LogP contribution in [0.1, 0.15) is 11.1 Å². The molecule has 0 aromatic heterocycles. The maximum atomic E-state index is 12.6. The Morgan fingerprint density at radius 3 is 2.33 bits per heavy atom. The number of hydrogen-bond donors (Lipinski definition) is 1. The summed E-state index contributed by atoms with van der Waals surface area (Å²) >= 11 is 5.40. The van der Waals surface area contributed by atoms with Crippen LogP contribution in [-0.4, -0.2) is 18.6 Å². The topological polar surface area (TPSA) is 29.1 Å². The minimum Gasteiger partial charge on any atom is -0.343 e. The lowest BCUT2D eigenvalue weighted by Gasteiger charge is -2.09. The van der Waals surface area contributed by atoms with Gasteiger partial charge >= 0.3 is 12.4 Å². The molecule has 0 heterocycles. The predicted molar refractivity (Wildman–Crippen MR) is 64.6 cm³/mol. The van der Waals surface area contributed by atoms with Crippen molar-refractivity contribution < 1.29 is 31.1 Å². The number of amides is 1. The van der Waals surface area contributed by atoms with Crippen molar-refractivity contribution in [3.8, 4) is 0 Å². The maximum Gasteiger partial charge on any atom is 0.417 e. The van der Waals surface area contributed by atoms with Gasteiger partial charge in [-0.1, -0.05) is 17.7 Å². The van der Waals surface area contributed by atoms with Crippen LogP contribution < -0.4 is 5.32 Å². The molecule has 0 aliphatic carbocycles. The first-order valence-corrected chi connectivity index (χ1v) is 5.76. The van der Waals surface area contributed by atoms with E-state index in [1.165, 1.54) is 6.07 Å². The molecule has 2 nitrogen and oxygen atoms in total. The molecule has 0 fully saturated rings. The van der Waals surface area contributed by atoms with Crippen molar-refractivity contribution in [2.75, 3.05) is 6.54 Å². The van der Waals surface area contributed by atoms with Crippen molar-refractivity contribution in [3.05, 3.63) is 40.4 Å². The van der Waals surface area contributed by atoms with Gasteiger partial charge in [-0.25, -0.2) is 0 Å². The highest BCUT2D eigenvalue weighted by atomic mass is 35.5. The predicted octanol–water partition coefficient (Wildman–Crippen LogP) is 4.05. The van der Waals surface area contributed by atoms with Crippen LogP contribution in [0.2, 0.25) is 5.02 Å². The number of hydrogen-bond acceptors (Lipinski definition) is 1. The van der Waals surface area contributed by atoms with Gasteiger partial charge in [-0.3, -0.25) is 4.79 Å². The molecule has 0 spiro atoms. The standard InChI is InChI=1S/C12H8ClF6NO/c13-9-3-1-7(5-8(9)12(17,18)19)2-4-10(21)20-6-11(14,15)16/h1-5H,6H2,(H,20,21). The molecule has 0 radical (unpaired) electrons. The summed E-state index contributed by atoms with van der Waals surface area (Å²) in [6.45, 7) is -1.52. The fourth-order valence-corrected chi connectivity index (χ4v) is 1.51. The lowest BCUT2D eigenvalue weighted by molar-refractivity contribution is -0.137. The molecule has 0 atom stereocenters. The van der Waals surface area contributed by atoms with Crippen LogP contribution in [0.4, 0.5) is 26.3 Å². The minimum atomic E-state index is -4.67. The molecule has 1 rings (SSSR count). The van der Waals surface area contributed by atoms with Crippen LogP contribution in [0.15, 0.2) is 24.3 Å². The summed E-state index contributed by atoms with van der Waals surface area (Å²) in [7, 11) is 0. The molecule has 21 heavy (non-hydrogen) atoms. The number of alkyl halides is 6. The summed E-state index contributed by atoms with van der Waals surface area (Å²) in [6.07, 6.45) is -7.57. The Hall–Kier alpha value is -1.70. The highest BCUT2D eigenvalue weighted by molar-refractivity contribution is 6.31. The van der Waals surface area contributed by atoms with Gasteiger partial charge in [-0.2, -0.15) is 26.3 Å². The second kappa shape index (κ2) is 6.38. The van der Waals surface area contributed by atoms with E-state index in [1.807, 2.05) is 0 Å². The third kappa shape index (κ3) is 6.07. The van der Waals surface area contributed by atoms with Crippen molar-refractivity contribution in [2.24, 2.45) is 0 Å². The first kappa shape index (κ1) is 17.4. The Morgan fingerprint density at radius 1 is 1.19 bits per heavy atom. The van der Waals surface area contributed by atoms with E-state index in [0.29, 0.717) is 12.1 Å². The highest BCUT2D eigenvalue weighted by Crippen LogP contribution is 2.35. The molecular formula is C12H8ClF6NO. The summed E-state index contributed by atoms with van der Waals surface area (Å²) in [5.74, 6) is -1.07. The molecule has 0 aliphatic heterocycles. The molecule has 1 N–H and O–H groups in total. The van der Waals surface area contributed by atoms with E-state index in [1.54, 1.807) is 5.32 Å². The van der Waals surface area contributed by atoms with Gasteiger partial charge in [0.15, 0.2) is 0 Å². The molecule has 0 unspecified atom stereocenters. The van der Waals surface area contributed by atoms with Crippen LogP contribution in [0, 0.1) is 0 Å². The zero-order chi connectivity index (χ0) is 16.3. The molecule has 0 saturated carbocycles. The van der Waals surface area contributed by atoms with Gasteiger partial charge in [0.25, 0.3) is 0 Å². The van der Waals surface area contributed by atoms with Gasteiger partial charge in [0.2, 0.25) is 5.91 Å². The second-order valence-electron chi connectivity index (χ2n) is 3.90. The first-order valence-electron chi connectivity index (χ1n) is 5.38. The molecular weight excluding hydrogens is 324 g/mol. The smallest absolute Gasteiger partial charge is 0.343 e. The summed E-state index contributed by atoms with van der Waals surface area (Å²) in [6, 6.07) is 2.87. The van der Waals surface area contributed by atoms with Gasteiger partial charge in [0, 0.05) is 6.08 Å². The van der Waals surface area contributed by atoms with Gasteiger partial charge in [-0.15, -0.1) is 0 Å². The van der Waals surface area contributed by atoms with E-state index in [2.05, 4.69) is 0 Å². The summed E-state index contributed by atoms with van der Waals surface area (Å²) in [4.78, 5) is 11.1. The number of benzene rings is 1. The minimum absolute atomic E-state index is 0.0196. The molecule has 0 aliphatic rings. The quantitative estimate of drug-likeness (QED) is 0.657. The average Bonchev–Trinajstić information content (AvgIpc) is 2.33. The maximum absolute atomic E-state index is 12.6. The Bertz CT molecular complexity index is 550. The van der Waals surface area contributed by atoms with Crippen LogP contribution in [0.3, 0.4) is 0 Å². The molecule has 0 bridgehead atoms. The van der Waals surface area contributed by atoms with Crippen molar-refractivity contribution in [2.45, 2.75) is 12.4 Å². The number of nitrogens with one attached hydrogen (secondary N) is 1. The number of halogens is 7. The average molecular weight is 332 g/mol. The van der Waals surface area contributed by atoms with Gasteiger partial charge in [0.1, 0.15) is 6.54 Å². The van der Waals surface area contributed by atoms with Crippen molar-refractivity contribution in [3.63, 3.8) is 0 Å². The summed E-state index contributed by atoms with van der Waals surface area (Å²) < 4.78 is 73.2. The zero-order valence-corrected chi connectivity index (χ0v) is 10.9. The SMILES string of the molecule is O=C(C=Cc1ccc(Cl)c(C(F)(F)F)c1)NCC(F)(F)F. The molecule has 0 saturated heterocycles. The van der Waals surface area contributed by atoms with Crippen molar-refractivity contribution in [1.29, 1.82) is 0 Å². The lowest BCUT2D eigenvalue weighted by atomic mass is 10.1. The van der Waals surface area contributed by atoms with Crippen molar-refractivity contribution in [1.82, 2.24) is 5.32 Å². The van der Waals surface area contributed by atoms with Crippen molar-refractivity contribution >= 4 is 23.6 Å². The van der Waals surface area contributed by atoms with E-state index < -0.39 is 35.4 Å². The third-order valence-corrected chi connectivity index (χ3v) is 2.52. The Morgan fingerprint density at radius 2 is 1.81 bits per heavy atom. The third-order valence-electron chi connectivity index (χ3n) is 2.19. The van der Waals surface area contributed by atoms with E-state index >= 15 is 0 Å². The first-order chi connectivity index (χ1) is 9.49. The van der Waals surface area contributed by atoms with Crippen LogP contribution >= 0.6 is 11.6 Å². The van der Waals surface area contributed by atoms with Crippen LogP contribution in [-0.2, 0) is 11.0 Å². The zero-order valence-electron chi connectivity index (χ0n) is 10.1. The second-order valence-corrected chi connectivity index (χ2v) is 4.31. The van der Waals surface area contributed by atoms with Gasteiger partial charge in [-0.05, 0) is 23.8 Å². The number of carbonyl (C=O) groups excluding carboxylic acids is 1. The monoisotopic (exact) mass is 331 g/mol. The van der Waals surface area contributed by atoms with E-state index in [9.17, 15) is 31.1 Å². The van der Waals surface area contributed by atoms with Gasteiger partial charge < -0.3 is 5.32 Å². The largest absolute Gasteiger partial charge is 0.417 e. The normalized spacial score (nSPS) is 12.7. The van der Waals surface area contributed by atoms with Crippen LogP contribution in [0.25, 0.3) is 6.08 Å². The van der Waals surface area contributed by atoms with E-state index in [4.69, 9.17) is 11.6 Å². The number of carbonyl (C=O) groups is 1. The summed E-state index contributed by atoms with van der Waals surface area (Å²) in [5.41, 5.74) is -1.11. The van der Waals surface area contributed by atoms with Crippen LogP contribution in [0.5, 0.6) is 0 Å². The van der Waals surface area contributed by atoms with Gasteiger partial charge in [0.05, 0.1) is 10.6 Å². The fraction of sp³-hybridized carbons (Fsp3) is 0.250. The molecule has 116 valence electrons. The Kier molecular flexibility index (Phi) is 5.27. The molecule has 1 amide bonds. The molecule has 1 aromatic carbocycles. The molecule has 1 aromatic rings. The Labute approximate surface area is 120 Å². The molecule has 9 heteroatoms. The fourth-order valence-electron chi connectivity index (χ4n) is 1.28. The Balaban J connectivity index is 2.80. The lowest BCUT2D eigenvalue weighted by Crippen LogP contribution is -2.32. The van der Waals surface area contributed by atoms with E-state index in [-0.39, 0.29) is 5.56 Å². The van der Waals surface area contributed by atoms with E-state index in [0.717, 1.165) is 12.1 Å². The number of rotatable bonds is 3.